The fraction of sp³-hybridized carbons (Fsp3) is 0.192. The van der Waals surface area contributed by atoms with Crippen LogP contribution in [0.15, 0.2) is 70.2 Å². The van der Waals surface area contributed by atoms with Gasteiger partial charge in [-0.05, 0) is 75.6 Å². The Kier molecular flexibility index (Phi) is 10.1. The van der Waals surface area contributed by atoms with Crippen LogP contribution in [0.3, 0.4) is 0 Å². The SMILES string of the molecule is COc1ccc(NC(=O)CCC(=O)NN=Cc2cc(Br)c(OCc3ccc(Cl)cc3)c(OC)c2)cc1. The molecule has 2 N–H and O–H groups in total. The van der Waals surface area contributed by atoms with Crippen LogP contribution in [0, 0.1) is 0 Å². The van der Waals surface area contributed by atoms with Crippen LogP contribution in [-0.2, 0) is 16.2 Å². The predicted octanol–water partition coefficient (Wildman–Crippen LogP) is 5.57. The van der Waals surface area contributed by atoms with Crippen molar-refractivity contribution >= 4 is 51.2 Å². The Morgan fingerprint density at radius 3 is 2.33 bits per heavy atom. The largest absolute Gasteiger partial charge is 0.497 e. The summed E-state index contributed by atoms with van der Waals surface area (Å²) in [6.45, 7) is 0.335. The topological polar surface area (TPSA) is 98.2 Å². The standard InChI is InChI=1S/C26H25BrClN3O5/c1-34-21-9-7-20(8-10-21)30-24(32)11-12-25(33)31-29-15-18-13-22(27)26(23(14-18)35-2)36-16-17-3-5-19(28)6-4-17/h3-10,13-15H,11-12,16H2,1-2H3,(H,30,32)(H,31,33). The predicted molar refractivity (Wildman–Crippen MR) is 143 cm³/mol. The number of hydrogen-bond acceptors (Lipinski definition) is 6. The second-order valence-corrected chi connectivity index (χ2v) is 8.81. The maximum Gasteiger partial charge on any atom is 0.240 e. The van der Waals surface area contributed by atoms with E-state index >= 15 is 0 Å². The number of hydrogen-bond donors (Lipinski definition) is 2. The molecule has 0 saturated carbocycles. The van der Waals surface area contributed by atoms with Gasteiger partial charge in [0.05, 0.1) is 24.9 Å². The van der Waals surface area contributed by atoms with Gasteiger partial charge in [0, 0.05) is 23.6 Å². The Hall–Kier alpha value is -3.56. The number of anilines is 1. The molecule has 0 unspecified atom stereocenters. The van der Waals surface area contributed by atoms with Crippen LogP contribution in [-0.4, -0.2) is 32.2 Å². The van der Waals surface area contributed by atoms with E-state index in [1.165, 1.54) is 13.3 Å². The van der Waals surface area contributed by atoms with Gasteiger partial charge in [0.15, 0.2) is 11.5 Å². The van der Waals surface area contributed by atoms with E-state index in [9.17, 15) is 9.59 Å². The van der Waals surface area contributed by atoms with E-state index in [4.69, 9.17) is 25.8 Å². The van der Waals surface area contributed by atoms with Crippen molar-refractivity contribution in [1.82, 2.24) is 5.43 Å². The highest BCUT2D eigenvalue weighted by molar-refractivity contribution is 9.10. The average molecular weight is 575 g/mol. The van der Waals surface area contributed by atoms with Crippen LogP contribution in [0.5, 0.6) is 17.2 Å². The minimum Gasteiger partial charge on any atom is -0.497 e. The first-order valence-corrected chi connectivity index (χ1v) is 12.1. The lowest BCUT2D eigenvalue weighted by atomic mass is 10.2. The maximum absolute atomic E-state index is 12.1. The Morgan fingerprint density at radius 1 is 0.972 bits per heavy atom. The van der Waals surface area contributed by atoms with E-state index in [2.05, 4.69) is 31.8 Å². The lowest BCUT2D eigenvalue weighted by Gasteiger charge is -2.13. The van der Waals surface area contributed by atoms with Gasteiger partial charge in [0.25, 0.3) is 0 Å². The van der Waals surface area contributed by atoms with Gasteiger partial charge in [-0.1, -0.05) is 23.7 Å². The number of halogens is 2. The molecule has 36 heavy (non-hydrogen) atoms. The van der Waals surface area contributed by atoms with Gasteiger partial charge >= 0.3 is 0 Å². The van der Waals surface area contributed by atoms with Crippen LogP contribution in [0.4, 0.5) is 5.69 Å². The first-order chi connectivity index (χ1) is 17.4. The molecule has 0 fully saturated rings. The second-order valence-electron chi connectivity index (χ2n) is 7.52. The lowest BCUT2D eigenvalue weighted by Crippen LogP contribution is -2.20. The smallest absolute Gasteiger partial charge is 0.240 e. The van der Waals surface area contributed by atoms with Crippen molar-refractivity contribution in [2.45, 2.75) is 19.4 Å². The molecule has 10 heteroatoms. The maximum atomic E-state index is 12.1. The van der Waals surface area contributed by atoms with Crippen molar-refractivity contribution in [1.29, 1.82) is 0 Å². The van der Waals surface area contributed by atoms with Gasteiger partial charge in [-0.2, -0.15) is 5.10 Å². The number of hydrazone groups is 1. The lowest BCUT2D eigenvalue weighted by molar-refractivity contribution is -0.124. The van der Waals surface area contributed by atoms with Gasteiger partial charge in [0.2, 0.25) is 11.8 Å². The molecule has 0 aromatic heterocycles. The fourth-order valence-corrected chi connectivity index (χ4v) is 3.75. The normalized spacial score (nSPS) is 10.7. The molecule has 3 rings (SSSR count). The highest BCUT2D eigenvalue weighted by Crippen LogP contribution is 2.37. The van der Waals surface area contributed by atoms with Gasteiger partial charge in [-0.3, -0.25) is 9.59 Å². The molecule has 8 nitrogen and oxygen atoms in total. The van der Waals surface area contributed by atoms with Crippen LogP contribution in [0.25, 0.3) is 0 Å². The molecule has 0 spiro atoms. The van der Waals surface area contributed by atoms with Crippen LogP contribution in [0.2, 0.25) is 5.02 Å². The third kappa shape index (κ3) is 8.28. The van der Waals surface area contributed by atoms with E-state index < -0.39 is 0 Å². The molecule has 0 aliphatic heterocycles. The highest BCUT2D eigenvalue weighted by atomic mass is 79.9. The summed E-state index contributed by atoms with van der Waals surface area (Å²) in [6.07, 6.45) is 1.49. The summed E-state index contributed by atoms with van der Waals surface area (Å²) in [5.74, 6) is 1.07. The molecule has 3 aromatic rings. The third-order valence-electron chi connectivity index (χ3n) is 4.90. The quantitative estimate of drug-likeness (QED) is 0.231. The summed E-state index contributed by atoms with van der Waals surface area (Å²) in [4.78, 5) is 24.1. The van der Waals surface area contributed by atoms with E-state index in [1.54, 1.807) is 55.6 Å². The summed E-state index contributed by atoms with van der Waals surface area (Å²) < 4.78 is 17.1. The van der Waals surface area contributed by atoms with Crippen molar-refractivity contribution in [3.8, 4) is 17.2 Å². The number of rotatable bonds is 11. The first-order valence-electron chi connectivity index (χ1n) is 10.9. The molecule has 0 bridgehead atoms. The minimum absolute atomic E-state index is 0.0101. The number of methoxy groups -OCH3 is 2. The van der Waals surface area contributed by atoms with Crippen LogP contribution in [0.1, 0.15) is 24.0 Å². The summed E-state index contributed by atoms with van der Waals surface area (Å²) in [6, 6.07) is 17.8. The molecule has 2 amide bonds. The number of carbonyl (C=O) groups is 2. The molecule has 188 valence electrons. The van der Waals surface area contributed by atoms with Crippen molar-refractivity contribution in [2.75, 3.05) is 19.5 Å². The zero-order valence-electron chi connectivity index (χ0n) is 19.7. The van der Waals surface area contributed by atoms with Gasteiger partial charge in [0.1, 0.15) is 12.4 Å². The molecule has 0 aliphatic carbocycles. The summed E-state index contributed by atoms with van der Waals surface area (Å²) in [7, 11) is 3.11. The molecule has 0 atom stereocenters. The summed E-state index contributed by atoms with van der Waals surface area (Å²) in [5.41, 5.74) is 4.68. The Bertz CT molecular complexity index is 1220. The molecule has 0 heterocycles. The monoisotopic (exact) mass is 573 g/mol. The van der Waals surface area contributed by atoms with Gasteiger partial charge < -0.3 is 19.5 Å². The van der Waals surface area contributed by atoms with Crippen molar-refractivity contribution in [2.24, 2.45) is 5.10 Å². The third-order valence-corrected chi connectivity index (χ3v) is 5.74. The minimum atomic E-state index is -0.384. The van der Waals surface area contributed by atoms with E-state index in [1.807, 2.05) is 12.1 Å². The highest BCUT2D eigenvalue weighted by Gasteiger charge is 2.12. The molecule has 0 saturated heterocycles. The summed E-state index contributed by atoms with van der Waals surface area (Å²) in [5, 5.41) is 7.36. The number of benzene rings is 3. The Labute approximate surface area is 222 Å². The van der Waals surface area contributed by atoms with E-state index in [-0.39, 0.29) is 24.7 Å². The number of amides is 2. The second kappa shape index (κ2) is 13.5. The zero-order valence-corrected chi connectivity index (χ0v) is 22.1. The van der Waals surface area contributed by atoms with Gasteiger partial charge in [-0.25, -0.2) is 5.43 Å². The van der Waals surface area contributed by atoms with Crippen molar-refractivity contribution in [3.05, 3.63) is 81.3 Å². The number of ether oxygens (including phenoxy) is 3. The Balaban J connectivity index is 1.49. The molecule has 0 aliphatic rings. The van der Waals surface area contributed by atoms with Crippen molar-refractivity contribution in [3.63, 3.8) is 0 Å². The number of nitrogens with one attached hydrogen (secondary N) is 2. The molecule has 3 aromatic carbocycles. The fourth-order valence-electron chi connectivity index (χ4n) is 3.05. The molecular formula is C26H25BrClN3O5. The average Bonchev–Trinajstić information content (AvgIpc) is 2.88. The molecule has 0 radical (unpaired) electrons. The van der Waals surface area contributed by atoms with Crippen molar-refractivity contribution < 1.29 is 23.8 Å². The van der Waals surface area contributed by atoms with E-state index in [0.29, 0.717) is 44.6 Å². The van der Waals surface area contributed by atoms with Crippen LogP contribution >= 0.6 is 27.5 Å². The number of nitrogens with zero attached hydrogens (tertiary/aromatic N) is 1. The van der Waals surface area contributed by atoms with E-state index in [0.717, 1.165) is 5.56 Å². The number of carbonyl (C=O) groups excluding carboxylic acids is 2. The first kappa shape index (κ1) is 27.0. The Morgan fingerprint density at radius 2 is 1.67 bits per heavy atom. The zero-order chi connectivity index (χ0) is 25.9. The van der Waals surface area contributed by atoms with Crippen LogP contribution < -0.4 is 25.0 Å². The molecular weight excluding hydrogens is 550 g/mol. The summed E-state index contributed by atoms with van der Waals surface area (Å²) >= 11 is 9.42. The van der Waals surface area contributed by atoms with Gasteiger partial charge in [-0.15, -0.1) is 0 Å².